The van der Waals surface area contributed by atoms with Crippen molar-refractivity contribution in [3.05, 3.63) is 22.2 Å². The van der Waals surface area contributed by atoms with E-state index in [9.17, 15) is 14.0 Å². The van der Waals surface area contributed by atoms with Crippen molar-refractivity contribution in [3.8, 4) is 0 Å². The van der Waals surface area contributed by atoms with Gasteiger partial charge in [-0.15, -0.1) is 11.3 Å². The standard InChI is InChI=1S/C17H23ClN2O7P2S/c18-15-7-13(20-5-1-2-6-20)17-16(19-15)12(9-30-17)14-4-3-11(27-14)8-26-29(24,25)10-28(21,22)23/h7,9,11,14H,1-6,8,10H2,(H,24,25)(H2,21,22,23)/t11-,14+/m0/s1. The lowest BCUT2D eigenvalue weighted by atomic mass is 10.1. The number of halogens is 1. The molecular formula is C17H23ClN2O7P2S. The summed E-state index contributed by atoms with van der Waals surface area (Å²) in [7, 11) is -9.04. The fourth-order valence-corrected chi connectivity index (χ4v) is 7.80. The predicted molar refractivity (Wildman–Crippen MR) is 116 cm³/mol. The Morgan fingerprint density at radius 1 is 1.27 bits per heavy atom. The molecule has 30 heavy (non-hydrogen) atoms. The lowest BCUT2D eigenvalue weighted by Gasteiger charge is -2.19. The van der Waals surface area contributed by atoms with Gasteiger partial charge in [0.15, 0.2) is 5.90 Å². The van der Waals surface area contributed by atoms with Gasteiger partial charge in [0.25, 0.3) is 0 Å². The highest BCUT2D eigenvalue weighted by atomic mass is 35.5. The Hall–Kier alpha value is -0.540. The van der Waals surface area contributed by atoms with Crippen molar-refractivity contribution < 1.29 is 33.1 Å². The van der Waals surface area contributed by atoms with E-state index in [4.69, 9.17) is 30.6 Å². The Bertz CT molecular complexity index is 1020. The Kier molecular flexibility index (Phi) is 6.62. The molecule has 9 nitrogen and oxygen atoms in total. The zero-order chi connectivity index (χ0) is 21.5. The van der Waals surface area contributed by atoms with E-state index in [0.717, 1.165) is 47.4 Å². The average Bonchev–Trinajstić information content (AvgIpc) is 3.37. The molecule has 4 rings (SSSR count). The van der Waals surface area contributed by atoms with Gasteiger partial charge < -0.3 is 28.8 Å². The second-order valence-electron chi connectivity index (χ2n) is 7.59. The first-order chi connectivity index (χ1) is 14.1. The first kappa shape index (κ1) is 22.6. The second kappa shape index (κ2) is 8.77. The number of rotatable bonds is 7. The molecule has 2 aliphatic rings. The van der Waals surface area contributed by atoms with Crippen LogP contribution in [0.2, 0.25) is 5.15 Å². The maximum Gasteiger partial charge on any atom is 0.340 e. The Balaban J connectivity index is 1.47. The van der Waals surface area contributed by atoms with Gasteiger partial charge in [-0.3, -0.25) is 9.13 Å². The lowest BCUT2D eigenvalue weighted by molar-refractivity contribution is 0.0156. The molecule has 3 N–H and O–H groups in total. The summed E-state index contributed by atoms with van der Waals surface area (Å²) in [6.07, 6.45) is 2.90. The highest BCUT2D eigenvalue weighted by molar-refractivity contribution is 7.70. The lowest BCUT2D eigenvalue weighted by Crippen LogP contribution is -2.17. The molecule has 0 aliphatic carbocycles. The minimum atomic E-state index is -4.65. The molecule has 0 radical (unpaired) electrons. The molecule has 2 aromatic rings. The van der Waals surface area contributed by atoms with Crippen LogP contribution < -0.4 is 4.90 Å². The Morgan fingerprint density at radius 3 is 2.70 bits per heavy atom. The second-order valence-corrected chi connectivity index (χ2v) is 12.9. The van der Waals surface area contributed by atoms with Crippen LogP contribution in [-0.2, 0) is 18.4 Å². The van der Waals surface area contributed by atoms with Gasteiger partial charge in [-0.25, -0.2) is 4.98 Å². The maximum atomic E-state index is 11.8. The molecule has 0 bridgehead atoms. The van der Waals surface area contributed by atoms with Crippen molar-refractivity contribution in [2.75, 3.05) is 30.5 Å². The minimum absolute atomic E-state index is 0.209. The molecule has 166 valence electrons. The number of aromatic nitrogens is 1. The van der Waals surface area contributed by atoms with E-state index in [1.807, 2.05) is 11.4 Å². The third kappa shape index (κ3) is 5.26. The van der Waals surface area contributed by atoms with Gasteiger partial charge in [0, 0.05) is 24.7 Å². The van der Waals surface area contributed by atoms with Gasteiger partial charge in [0.2, 0.25) is 0 Å². The van der Waals surface area contributed by atoms with Gasteiger partial charge in [0.1, 0.15) is 5.15 Å². The molecule has 1 unspecified atom stereocenters. The summed E-state index contributed by atoms with van der Waals surface area (Å²) in [5, 5.41) is 2.45. The molecule has 0 saturated carbocycles. The van der Waals surface area contributed by atoms with Gasteiger partial charge in [-0.2, -0.15) is 0 Å². The molecule has 0 amide bonds. The molecular weight excluding hydrogens is 474 g/mol. The van der Waals surface area contributed by atoms with Crippen LogP contribution in [0.15, 0.2) is 11.4 Å². The molecule has 2 aromatic heterocycles. The first-order valence-electron chi connectivity index (χ1n) is 9.60. The van der Waals surface area contributed by atoms with Crippen LogP contribution in [0.1, 0.15) is 37.4 Å². The fourth-order valence-electron chi connectivity index (χ4n) is 3.93. The number of fused-ring (bicyclic) bond motifs is 1. The van der Waals surface area contributed by atoms with E-state index in [1.54, 1.807) is 11.3 Å². The third-order valence-corrected chi connectivity index (χ3v) is 9.89. The highest BCUT2D eigenvalue weighted by Gasteiger charge is 2.35. The zero-order valence-corrected chi connectivity index (χ0v) is 19.4. The largest absolute Gasteiger partial charge is 0.370 e. The highest BCUT2D eigenvalue weighted by Crippen LogP contribution is 2.55. The summed E-state index contributed by atoms with van der Waals surface area (Å²) in [6.45, 7) is 1.79. The van der Waals surface area contributed by atoms with Crippen LogP contribution in [0.3, 0.4) is 0 Å². The Morgan fingerprint density at radius 2 is 2.00 bits per heavy atom. The molecule has 0 aromatic carbocycles. The number of pyridine rings is 1. The van der Waals surface area contributed by atoms with E-state index in [-0.39, 0.29) is 12.7 Å². The smallest absolute Gasteiger partial charge is 0.340 e. The van der Waals surface area contributed by atoms with Crippen LogP contribution in [-0.4, -0.2) is 51.4 Å². The van der Waals surface area contributed by atoms with Crippen molar-refractivity contribution in [1.29, 1.82) is 0 Å². The van der Waals surface area contributed by atoms with Gasteiger partial charge in [0.05, 0.1) is 34.7 Å². The number of ether oxygens (including phenoxy) is 1. The molecule has 2 aliphatic heterocycles. The van der Waals surface area contributed by atoms with E-state index in [1.165, 1.54) is 0 Å². The van der Waals surface area contributed by atoms with Gasteiger partial charge in [-0.05, 0) is 31.1 Å². The van der Waals surface area contributed by atoms with E-state index in [0.29, 0.717) is 18.0 Å². The van der Waals surface area contributed by atoms with Gasteiger partial charge >= 0.3 is 15.2 Å². The summed E-state index contributed by atoms with van der Waals surface area (Å²) >= 11 is 7.91. The van der Waals surface area contributed by atoms with E-state index < -0.39 is 27.2 Å². The van der Waals surface area contributed by atoms with Crippen LogP contribution in [0.4, 0.5) is 5.69 Å². The summed E-state index contributed by atoms with van der Waals surface area (Å²) in [5.74, 6) is -1.20. The van der Waals surface area contributed by atoms with Gasteiger partial charge in [-0.1, -0.05) is 11.6 Å². The Labute approximate surface area is 182 Å². The molecule has 2 saturated heterocycles. The summed E-state index contributed by atoms with van der Waals surface area (Å²) in [4.78, 5) is 34.2. The van der Waals surface area contributed by atoms with Crippen molar-refractivity contribution in [3.63, 3.8) is 0 Å². The average molecular weight is 497 g/mol. The topological polar surface area (TPSA) is 129 Å². The number of thiophene rings is 1. The SMILES string of the molecule is O=P(O)(O)CP(=O)(O)OC[C@@H]1CC[C@H](c2csc3c(N4CCCC4)cc(Cl)nc23)O1. The normalized spacial score (nSPS) is 24.6. The van der Waals surface area contributed by atoms with E-state index >= 15 is 0 Å². The monoisotopic (exact) mass is 496 g/mol. The van der Waals surface area contributed by atoms with Crippen molar-refractivity contribution in [2.45, 2.75) is 37.9 Å². The summed E-state index contributed by atoms with van der Waals surface area (Å²) in [6, 6.07) is 1.90. The fraction of sp³-hybridized carbons (Fsp3) is 0.588. The minimum Gasteiger partial charge on any atom is -0.370 e. The number of anilines is 1. The molecule has 0 spiro atoms. The summed E-state index contributed by atoms with van der Waals surface area (Å²) in [5.41, 5.74) is 2.84. The number of hydrogen-bond acceptors (Lipinski definition) is 7. The number of nitrogens with zero attached hydrogens (tertiary/aromatic N) is 2. The number of hydrogen-bond donors (Lipinski definition) is 3. The molecule has 3 atom stereocenters. The van der Waals surface area contributed by atoms with Crippen LogP contribution in [0, 0.1) is 0 Å². The van der Waals surface area contributed by atoms with Crippen LogP contribution >= 0.6 is 38.1 Å². The molecule has 13 heteroatoms. The van der Waals surface area contributed by atoms with Crippen molar-refractivity contribution in [2.24, 2.45) is 0 Å². The molecule has 2 fully saturated rings. The molecule has 4 heterocycles. The van der Waals surface area contributed by atoms with Crippen molar-refractivity contribution >= 4 is 54.0 Å². The first-order valence-corrected chi connectivity index (χ1v) is 14.4. The van der Waals surface area contributed by atoms with Crippen LogP contribution in [0.25, 0.3) is 10.2 Å². The van der Waals surface area contributed by atoms with E-state index in [2.05, 4.69) is 9.88 Å². The zero-order valence-electron chi connectivity index (χ0n) is 16.0. The predicted octanol–water partition coefficient (Wildman–Crippen LogP) is 4.11. The van der Waals surface area contributed by atoms with Crippen molar-refractivity contribution in [1.82, 2.24) is 4.98 Å². The summed E-state index contributed by atoms with van der Waals surface area (Å²) < 4.78 is 34.8. The quantitative estimate of drug-likeness (QED) is 0.383. The van der Waals surface area contributed by atoms with Crippen LogP contribution in [0.5, 0.6) is 0 Å². The maximum absolute atomic E-state index is 11.8. The third-order valence-electron chi connectivity index (χ3n) is 5.23.